The third-order valence-corrected chi connectivity index (χ3v) is 18.0. The molecule has 0 spiro atoms. The van der Waals surface area contributed by atoms with Gasteiger partial charge in [-0.3, -0.25) is 0 Å². The summed E-state index contributed by atoms with van der Waals surface area (Å²) in [5.41, 5.74) is 27.2. The third kappa shape index (κ3) is 3.96. The molecule has 16 aromatic rings. The molecule has 5 nitrogen and oxygen atoms in total. The van der Waals surface area contributed by atoms with Crippen molar-refractivity contribution >= 4 is 155 Å². The molecule has 7 heteroatoms. The molecule has 0 aliphatic carbocycles. The molecule has 9 heterocycles. The van der Waals surface area contributed by atoms with Gasteiger partial charge in [-0.05, 0) is 99.5 Å². The minimum absolute atomic E-state index is 0.0271. The zero-order valence-corrected chi connectivity index (χ0v) is 39.1. The predicted molar refractivity (Wildman–Crippen MR) is 307 cm³/mol. The number of para-hydroxylation sites is 8. The van der Waals surface area contributed by atoms with Crippen molar-refractivity contribution in [2.24, 2.45) is 0 Å². The molecule has 4 aliphatic rings. The highest BCUT2D eigenvalue weighted by atomic mass is 15.1. The van der Waals surface area contributed by atoms with Crippen LogP contribution in [0.1, 0.15) is 0 Å². The van der Waals surface area contributed by atoms with Gasteiger partial charge in [0, 0.05) is 104 Å². The van der Waals surface area contributed by atoms with Gasteiger partial charge in [0.1, 0.15) is 0 Å². The molecule has 73 heavy (non-hydrogen) atoms. The highest BCUT2D eigenvalue weighted by molar-refractivity contribution is 7.04. The Hall–Kier alpha value is -9.45. The van der Waals surface area contributed by atoms with E-state index in [4.69, 9.17) is 0 Å². The van der Waals surface area contributed by atoms with Crippen molar-refractivity contribution in [3.8, 4) is 28.4 Å². The van der Waals surface area contributed by atoms with Crippen LogP contribution in [0.15, 0.2) is 212 Å². The molecular formula is C66H35B2N5. The zero-order valence-electron chi connectivity index (χ0n) is 39.1. The maximum absolute atomic E-state index is 2.72. The number of rotatable bonds is 2. The fraction of sp³-hybridized carbons (Fsp3) is 0. The fourth-order valence-corrected chi connectivity index (χ4v) is 15.5. The molecule has 0 saturated heterocycles. The van der Waals surface area contributed by atoms with Crippen molar-refractivity contribution in [1.82, 2.24) is 22.8 Å². The Balaban J connectivity index is 1.01. The second-order valence-electron chi connectivity index (χ2n) is 21.1. The molecular weight excluding hydrogens is 884 g/mol. The van der Waals surface area contributed by atoms with Gasteiger partial charge in [-0.15, -0.1) is 0 Å². The molecule has 11 aromatic carbocycles. The molecule has 0 unspecified atom stereocenters. The van der Waals surface area contributed by atoms with E-state index in [1.165, 1.54) is 165 Å². The normalized spacial score (nSPS) is 13.7. The molecule has 0 amide bonds. The lowest BCUT2D eigenvalue weighted by Crippen LogP contribution is -2.66. The van der Waals surface area contributed by atoms with Crippen LogP contribution in [0, 0.1) is 0 Å². The van der Waals surface area contributed by atoms with Crippen LogP contribution in [-0.4, -0.2) is 36.3 Å². The number of hydrogen-bond donors (Lipinski definition) is 0. The molecule has 0 bridgehead atoms. The van der Waals surface area contributed by atoms with E-state index in [2.05, 4.69) is 235 Å². The molecule has 5 aromatic heterocycles. The lowest BCUT2D eigenvalue weighted by atomic mass is 9.30. The summed E-state index contributed by atoms with van der Waals surface area (Å²) in [5.74, 6) is 0. The van der Waals surface area contributed by atoms with Crippen LogP contribution in [0.5, 0.6) is 0 Å². The first-order valence-electron chi connectivity index (χ1n) is 25.7. The summed E-state index contributed by atoms with van der Waals surface area (Å²) < 4.78 is 13.1. The van der Waals surface area contributed by atoms with Crippen LogP contribution >= 0.6 is 0 Å². The Labute approximate surface area is 416 Å². The van der Waals surface area contributed by atoms with Crippen LogP contribution in [0.4, 0.5) is 0 Å². The molecule has 330 valence electrons. The number of hydrogen-bond acceptors (Lipinski definition) is 0. The second-order valence-corrected chi connectivity index (χ2v) is 21.1. The molecule has 0 atom stereocenters. The SMILES string of the molecule is c1ccc2c(c1)c1ccccc1n2-c1ccc2c(c1)c1cc(-n3c4ccccc4c4ccccc43)cc3c1n2-c1cc2c4c5c1B3c1cccc3c6cccc(c6n-5c13)B4c1cccc3c4ccccc4n-2c13. The van der Waals surface area contributed by atoms with Gasteiger partial charge in [-0.25, -0.2) is 0 Å². The smallest absolute Gasteiger partial charge is 0.252 e. The number of aromatic nitrogens is 5. The summed E-state index contributed by atoms with van der Waals surface area (Å²) in [7, 11) is 0. The van der Waals surface area contributed by atoms with Gasteiger partial charge in [-0.1, -0.05) is 146 Å². The molecule has 0 saturated carbocycles. The van der Waals surface area contributed by atoms with Crippen molar-refractivity contribution in [2.75, 3.05) is 0 Å². The van der Waals surface area contributed by atoms with Crippen LogP contribution < -0.4 is 32.8 Å². The molecule has 0 N–H and O–H groups in total. The van der Waals surface area contributed by atoms with Gasteiger partial charge in [0.15, 0.2) is 0 Å². The Morgan fingerprint density at radius 2 is 0.603 bits per heavy atom. The van der Waals surface area contributed by atoms with E-state index in [0.717, 1.165) is 5.69 Å². The minimum atomic E-state index is -0.0271. The van der Waals surface area contributed by atoms with E-state index in [-0.39, 0.29) is 13.4 Å². The fourth-order valence-electron chi connectivity index (χ4n) is 15.5. The van der Waals surface area contributed by atoms with E-state index in [1.54, 1.807) is 0 Å². The standard InChI is InChI=1S/C66H35B2N5/c1-6-25-52-38(14-1)39-15-2-7-26-53(39)69(52)36-30-31-57-46(32-36)47-33-37(70-54-27-8-3-16-40(54)41-17-4-9-28-55(41)70)34-51-65(47)72(57)59-35-58-60-66-61(59)68(51)50-24-13-21-45-44-20-12-23-49(63(44)73(66)64(45)50)67(60)48-22-11-19-43-42-18-5-10-29-56(42)71(58)62(43)48/h1-35H. The van der Waals surface area contributed by atoms with Gasteiger partial charge in [0.2, 0.25) is 0 Å². The highest BCUT2D eigenvalue weighted by Crippen LogP contribution is 2.45. The van der Waals surface area contributed by atoms with Gasteiger partial charge in [0.05, 0.1) is 33.1 Å². The largest absolute Gasteiger partial charge is 0.311 e. The third-order valence-electron chi connectivity index (χ3n) is 18.0. The lowest BCUT2D eigenvalue weighted by Gasteiger charge is -2.41. The summed E-state index contributed by atoms with van der Waals surface area (Å²) in [4.78, 5) is 0. The molecule has 4 aliphatic heterocycles. The van der Waals surface area contributed by atoms with Gasteiger partial charge >= 0.3 is 0 Å². The minimum Gasteiger partial charge on any atom is -0.311 e. The van der Waals surface area contributed by atoms with Crippen LogP contribution in [-0.2, 0) is 0 Å². The number of fused-ring (bicyclic) bond motifs is 19. The topological polar surface area (TPSA) is 24.6 Å². The molecule has 0 fully saturated rings. The van der Waals surface area contributed by atoms with Crippen molar-refractivity contribution in [3.05, 3.63) is 212 Å². The van der Waals surface area contributed by atoms with Crippen LogP contribution in [0.2, 0.25) is 0 Å². The summed E-state index contributed by atoms with van der Waals surface area (Å²) >= 11 is 0. The first kappa shape index (κ1) is 36.5. The summed E-state index contributed by atoms with van der Waals surface area (Å²) in [6.07, 6.45) is 0. The molecule has 20 rings (SSSR count). The Morgan fingerprint density at radius 3 is 1.12 bits per heavy atom. The highest BCUT2D eigenvalue weighted by Gasteiger charge is 2.49. The quantitative estimate of drug-likeness (QED) is 0.154. The van der Waals surface area contributed by atoms with Crippen LogP contribution in [0.25, 0.3) is 137 Å². The molecule has 0 radical (unpaired) electrons. The van der Waals surface area contributed by atoms with Gasteiger partial charge in [0.25, 0.3) is 13.4 Å². The summed E-state index contributed by atoms with van der Waals surface area (Å²) in [6.45, 7) is 0.0415. The van der Waals surface area contributed by atoms with Gasteiger partial charge < -0.3 is 22.8 Å². The van der Waals surface area contributed by atoms with E-state index in [0.29, 0.717) is 0 Å². The lowest BCUT2D eigenvalue weighted by molar-refractivity contribution is 1.11. The van der Waals surface area contributed by atoms with Gasteiger partial charge in [-0.2, -0.15) is 0 Å². The Bertz CT molecular complexity index is 5260. The average Bonchev–Trinajstić information content (AvgIpc) is 4.25. The first-order chi connectivity index (χ1) is 36.3. The predicted octanol–water partition coefficient (Wildman–Crippen LogP) is 11.5. The average molecular weight is 920 g/mol. The Kier molecular flexibility index (Phi) is 6.08. The number of benzene rings is 11. The maximum atomic E-state index is 2.72. The van der Waals surface area contributed by atoms with E-state index in [1.807, 2.05) is 0 Å². The monoisotopic (exact) mass is 919 g/mol. The van der Waals surface area contributed by atoms with Crippen molar-refractivity contribution in [1.29, 1.82) is 0 Å². The zero-order chi connectivity index (χ0) is 46.7. The van der Waals surface area contributed by atoms with E-state index < -0.39 is 0 Å². The summed E-state index contributed by atoms with van der Waals surface area (Å²) in [6, 6.07) is 81.1. The second kappa shape index (κ2) is 12.2. The number of nitrogens with zero attached hydrogens (tertiary/aromatic N) is 5. The van der Waals surface area contributed by atoms with Crippen molar-refractivity contribution in [3.63, 3.8) is 0 Å². The maximum Gasteiger partial charge on any atom is 0.252 e. The Morgan fingerprint density at radius 1 is 0.233 bits per heavy atom. The summed E-state index contributed by atoms with van der Waals surface area (Å²) in [5, 5.41) is 12.9. The van der Waals surface area contributed by atoms with Crippen LogP contribution in [0.3, 0.4) is 0 Å². The van der Waals surface area contributed by atoms with Crippen molar-refractivity contribution in [2.45, 2.75) is 0 Å². The van der Waals surface area contributed by atoms with E-state index in [9.17, 15) is 0 Å². The first-order valence-corrected chi connectivity index (χ1v) is 25.7. The van der Waals surface area contributed by atoms with Crippen molar-refractivity contribution < 1.29 is 0 Å². The van der Waals surface area contributed by atoms with E-state index >= 15 is 0 Å².